The highest BCUT2D eigenvalue weighted by atomic mass is 16.4. The van der Waals surface area contributed by atoms with Crippen LogP contribution in [0.3, 0.4) is 0 Å². The molecule has 1 fully saturated rings. The summed E-state index contributed by atoms with van der Waals surface area (Å²) in [5, 5.41) is 25.5. The van der Waals surface area contributed by atoms with Gasteiger partial charge in [-0.05, 0) is 30.5 Å². The number of carbonyl (C=O) groups excluding carboxylic acids is 2. The van der Waals surface area contributed by atoms with Crippen LogP contribution in [0, 0.1) is 0 Å². The zero-order chi connectivity index (χ0) is 19.2. The molecule has 1 saturated carbocycles. The fourth-order valence-electron chi connectivity index (χ4n) is 2.82. The number of aromatic carboxylic acids is 1. The third-order valence-corrected chi connectivity index (χ3v) is 4.32. The van der Waals surface area contributed by atoms with Gasteiger partial charge in [0, 0.05) is 6.54 Å². The number of aliphatic carboxylic acids is 1. The van der Waals surface area contributed by atoms with Gasteiger partial charge < -0.3 is 26.2 Å². The predicted octanol–water partition coefficient (Wildman–Crippen LogP) is 0.698. The Morgan fingerprint density at radius 2 is 1.58 bits per heavy atom. The van der Waals surface area contributed by atoms with Crippen LogP contribution in [-0.2, 0) is 16.1 Å². The van der Waals surface area contributed by atoms with Gasteiger partial charge in [0.05, 0.1) is 12.1 Å². The van der Waals surface area contributed by atoms with E-state index in [0.29, 0.717) is 18.4 Å². The lowest BCUT2D eigenvalue weighted by Gasteiger charge is -2.25. The molecule has 0 atom stereocenters. The van der Waals surface area contributed by atoms with Crippen molar-refractivity contribution in [2.24, 2.45) is 0 Å². The minimum atomic E-state index is -1.26. The van der Waals surface area contributed by atoms with E-state index in [2.05, 4.69) is 16.0 Å². The van der Waals surface area contributed by atoms with E-state index >= 15 is 0 Å². The van der Waals surface area contributed by atoms with Crippen molar-refractivity contribution in [1.82, 2.24) is 16.0 Å². The molecule has 5 N–H and O–H groups in total. The summed E-state index contributed by atoms with van der Waals surface area (Å²) in [5.74, 6) is -2.55. The van der Waals surface area contributed by atoms with Crippen LogP contribution in [-0.4, -0.2) is 46.2 Å². The Hall–Kier alpha value is -3.10. The van der Waals surface area contributed by atoms with Crippen molar-refractivity contribution >= 4 is 23.9 Å². The fourth-order valence-corrected chi connectivity index (χ4v) is 2.82. The Kier molecular flexibility index (Phi) is 6.16. The second-order valence-corrected chi connectivity index (χ2v) is 6.18. The zero-order valence-electron chi connectivity index (χ0n) is 14.1. The highest BCUT2D eigenvalue weighted by Crippen LogP contribution is 2.29. The number of carboxylic acid groups (broad SMARTS) is 2. The van der Waals surface area contributed by atoms with Gasteiger partial charge in [-0.15, -0.1) is 0 Å². The number of nitrogens with one attached hydrogen (secondary N) is 3. The van der Waals surface area contributed by atoms with Crippen molar-refractivity contribution < 1.29 is 29.4 Å². The van der Waals surface area contributed by atoms with E-state index in [9.17, 15) is 24.3 Å². The lowest BCUT2D eigenvalue weighted by atomic mass is 9.98. The largest absolute Gasteiger partial charge is 0.480 e. The minimum absolute atomic E-state index is 0.151. The molecule has 26 heavy (non-hydrogen) atoms. The first-order valence-electron chi connectivity index (χ1n) is 8.21. The summed E-state index contributed by atoms with van der Waals surface area (Å²) < 4.78 is 0. The summed E-state index contributed by atoms with van der Waals surface area (Å²) in [6.45, 7) is -0.115. The van der Waals surface area contributed by atoms with Gasteiger partial charge in [0.25, 0.3) is 0 Å². The summed E-state index contributed by atoms with van der Waals surface area (Å²) in [4.78, 5) is 45.8. The molecule has 0 bridgehead atoms. The quantitative estimate of drug-likeness (QED) is 0.482. The smallest absolute Gasteiger partial charge is 0.335 e. The van der Waals surface area contributed by atoms with Gasteiger partial charge in [0.2, 0.25) is 5.91 Å². The predicted molar refractivity (Wildman–Crippen MR) is 90.6 cm³/mol. The molecule has 0 saturated heterocycles. The van der Waals surface area contributed by atoms with E-state index in [-0.39, 0.29) is 18.7 Å². The molecule has 1 aliphatic carbocycles. The number of urea groups is 1. The number of rotatable bonds is 7. The molecule has 9 heteroatoms. The first-order chi connectivity index (χ1) is 12.3. The van der Waals surface area contributed by atoms with Crippen molar-refractivity contribution in [3.05, 3.63) is 35.4 Å². The van der Waals surface area contributed by atoms with Gasteiger partial charge in [-0.25, -0.2) is 14.4 Å². The van der Waals surface area contributed by atoms with Crippen molar-refractivity contribution in [3.63, 3.8) is 0 Å². The number of carbonyl (C=O) groups is 4. The molecular weight excluding hydrogens is 342 g/mol. The lowest BCUT2D eigenvalue weighted by molar-refractivity contribution is -0.144. The van der Waals surface area contributed by atoms with Gasteiger partial charge in [0.15, 0.2) is 0 Å². The molecule has 0 aliphatic heterocycles. The topological polar surface area (TPSA) is 145 Å². The minimum Gasteiger partial charge on any atom is -0.480 e. The molecule has 2 rings (SSSR count). The van der Waals surface area contributed by atoms with Crippen LogP contribution in [0.1, 0.15) is 41.6 Å². The number of benzene rings is 1. The summed E-state index contributed by atoms with van der Waals surface area (Å²) >= 11 is 0. The molecule has 1 aromatic carbocycles. The van der Waals surface area contributed by atoms with Crippen LogP contribution in [0.15, 0.2) is 24.3 Å². The first-order valence-corrected chi connectivity index (χ1v) is 8.21. The van der Waals surface area contributed by atoms with Crippen LogP contribution in [0.4, 0.5) is 4.79 Å². The average molecular weight is 363 g/mol. The third kappa shape index (κ3) is 4.95. The van der Waals surface area contributed by atoms with Crippen LogP contribution in [0.2, 0.25) is 0 Å². The summed E-state index contributed by atoms with van der Waals surface area (Å²) in [5.41, 5.74) is -0.395. The molecule has 1 aliphatic rings. The lowest BCUT2D eigenvalue weighted by Crippen LogP contribution is -2.56. The van der Waals surface area contributed by atoms with Crippen molar-refractivity contribution in [3.8, 4) is 0 Å². The van der Waals surface area contributed by atoms with Gasteiger partial charge >= 0.3 is 18.0 Å². The second-order valence-electron chi connectivity index (χ2n) is 6.18. The summed E-state index contributed by atoms with van der Waals surface area (Å²) in [6, 6.07) is 5.33. The highest BCUT2D eigenvalue weighted by Gasteiger charge is 2.42. The number of amides is 3. The van der Waals surface area contributed by atoms with Crippen LogP contribution in [0.5, 0.6) is 0 Å². The maximum absolute atomic E-state index is 11.9. The van der Waals surface area contributed by atoms with Crippen LogP contribution < -0.4 is 16.0 Å². The Labute approximate surface area is 149 Å². The molecule has 0 heterocycles. The van der Waals surface area contributed by atoms with Gasteiger partial charge in [-0.2, -0.15) is 0 Å². The van der Waals surface area contributed by atoms with Crippen LogP contribution >= 0.6 is 0 Å². The maximum Gasteiger partial charge on any atom is 0.335 e. The normalized spacial score (nSPS) is 15.1. The highest BCUT2D eigenvalue weighted by molar-refractivity contribution is 5.89. The molecule has 3 amide bonds. The summed E-state index contributed by atoms with van der Waals surface area (Å²) in [7, 11) is 0. The molecule has 0 unspecified atom stereocenters. The molecular formula is C17H21N3O6. The fraction of sp³-hybridized carbons (Fsp3) is 0.412. The molecule has 140 valence electrons. The molecule has 0 radical (unpaired) electrons. The number of hydrogen-bond donors (Lipinski definition) is 5. The number of carboxylic acids is 2. The molecule has 1 aromatic rings. The third-order valence-electron chi connectivity index (χ3n) is 4.32. The Balaban J connectivity index is 1.75. The first kappa shape index (κ1) is 19.2. The van der Waals surface area contributed by atoms with E-state index in [1.54, 1.807) is 12.1 Å². The second kappa shape index (κ2) is 8.32. The van der Waals surface area contributed by atoms with E-state index in [4.69, 9.17) is 5.11 Å². The van der Waals surface area contributed by atoms with E-state index in [1.165, 1.54) is 12.1 Å². The summed E-state index contributed by atoms with van der Waals surface area (Å²) in [6.07, 6.45) is 2.20. The van der Waals surface area contributed by atoms with Crippen molar-refractivity contribution in [2.45, 2.75) is 37.8 Å². The molecule has 0 spiro atoms. The Morgan fingerprint density at radius 3 is 2.12 bits per heavy atom. The Morgan fingerprint density at radius 1 is 0.962 bits per heavy atom. The van der Waals surface area contributed by atoms with Crippen molar-refractivity contribution in [2.75, 3.05) is 6.54 Å². The van der Waals surface area contributed by atoms with E-state index < -0.39 is 29.4 Å². The van der Waals surface area contributed by atoms with Gasteiger partial charge in [0.1, 0.15) is 5.54 Å². The molecule has 0 aromatic heterocycles. The van der Waals surface area contributed by atoms with E-state index in [1.807, 2.05) is 0 Å². The number of hydrogen-bond acceptors (Lipinski definition) is 4. The zero-order valence-corrected chi connectivity index (χ0v) is 14.1. The Bertz CT molecular complexity index is 695. The van der Waals surface area contributed by atoms with Gasteiger partial charge in [-0.1, -0.05) is 25.0 Å². The SMILES string of the molecule is O=C(CNC(=O)NC1(C(=O)O)CCCC1)NCc1ccc(C(=O)O)cc1. The monoisotopic (exact) mass is 363 g/mol. The maximum atomic E-state index is 11.9. The molecule has 9 nitrogen and oxygen atoms in total. The van der Waals surface area contributed by atoms with Crippen molar-refractivity contribution in [1.29, 1.82) is 0 Å². The standard InChI is InChI=1S/C17H21N3O6/c21-13(18-9-11-3-5-12(6-4-11)14(22)23)10-19-16(26)20-17(15(24)25)7-1-2-8-17/h3-6H,1-2,7-10H2,(H,18,21)(H,22,23)(H,24,25)(H2,19,20,26). The van der Waals surface area contributed by atoms with E-state index in [0.717, 1.165) is 12.8 Å². The average Bonchev–Trinajstić information content (AvgIpc) is 3.08. The van der Waals surface area contributed by atoms with Crippen LogP contribution in [0.25, 0.3) is 0 Å². The van der Waals surface area contributed by atoms with Gasteiger partial charge in [-0.3, -0.25) is 4.79 Å².